The SMILES string of the molecule is C[N+](C)(C)c1ccc(S([O])(=O)=O)cc1. The smallest absolute Gasteiger partial charge is 0.298 e. The van der Waals surface area contributed by atoms with Crippen molar-refractivity contribution >= 4 is 15.8 Å². The van der Waals surface area contributed by atoms with Gasteiger partial charge in [-0.05, 0) is 12.1 Å². The minimum Gasteiger partial charge on any atom is -0.298 e. The Morgan fingerprint density at radius 1 is 1.00 bits per heavy atom. The van der Waals surface area contributed by atoms with Crippen molar-refractivity contribution in [1.29, 1.82) is 0 Å². The first-order valence-corrected chi connectivity index (χ1v) is 5.50. The van der Waals surface area contributed by atoms with Crippen LogP contribution in [0.15, 0.2) is 29.2 Å². The molecule has 0 saturated heterocycles. The van der Waals surface area contributed by atoms with Crippen LogP contribution in [0.25, 0.3) is 0 Å². The second-order valence-electron chi connectivity index (χ2n) is 3.96. The average molecular weight is 215 g/mol. The maximum atomic E-state index is 10.6. The summed E-state index contributed by atoms with van der Waals surface area (Å²) < 4.78 is 32.5. The van der Waals surface area contributed by atoms with Gasteiger partial charge in [0.05, 0.1) is 26.0 Å². The highest BCUT2D eigenvalue weighted by Gasteiger charge is 2.15. The summed E-state index contributed by atoms with van der Waals surface area (Å²) in [5.41, 5.74) is 0.942. The first kappa shape index (κ1) is 11.2. The lowest BCUT2D eigenvalue weighted by molar-refractivity contribution is 0.414. The molecule has 0 fully saturated rings. The summed E-state index contributed by atoms with van der Waals surface area (Å²) in [4.78, 5) is -0.185. The number of benzene rings is 1. The molecule has 0 aliphatic heterocycles. The van der Waals surface area contributed by atoms with Crippen LogP contribution in [0, 0.1) is 0 Å². The largest absolute Gasteiger partial charge is 0.324 e. The summed E-state index contributed by atoms with van der Waals surface area (Å²) in [7, 11) is 1.56. The van der Waals surface area contributed by atoms with E-state index in [1.807, 2.05) is 21.1 Å². The van der Waals surface area contributed by atoms with Crippen molar-refractivity contribution in [3.63, 3.8) is 0 Å². The third kappa shape index (κ3) is 2.54. The fourth-order valence-electron chi connectivity index (χ4n) is 1.06. The molecule has 0 saturated carbocycles. The molecule has 14 heavy (non-hydrogen) atoms. The molecule has 0 aliphatic rings. The van der Waals surface area contributed by atoms with Gasteiger partial charge in [0.2, 0.25) is 0 Å². The summed E-state index contributed by atoms with van der Waals surface area (Å²) in [6.45, 7) is 0. The fraction of sp³-hybridized carbons (Fsp3) is 0.333. The predicted octanol–water partition coefficient (Wildman–Crippen LogP) is 1.00. The van der Waals surface area contributed by atoms with E-state index in [0.717, 1.165) is 5.69 Å². The molecule has 1 aromatic rings. The van der Waals surface area contributed by atoms with Gasteiger partial charge in [0.15, 0.2) is 0 Å². The zero-order valence-electron chi connectivity index (χ0n) is 8.39. The maximum absolute atomic E-state index is 10.6. The predicted molar refractivity (Wildman–Crippen MR) is 53.9 cm³/mol. The Bertz CT molecular complexity index is 414. The van der Waals surface area contributed by atoms with Crippen molar-refractivity contribution in [2.24, 2.45) is 0 Å². The molecule has 1 radical (unpaired) electrons. The van der Waals surface area contributed by atoms with E-state index in [1.54, 1.807) is 12.1 Å². The Balaban J connectivity index is 3.14. The van der Waals surface area contributed by atoms with Crippen molar-refractivity contribution in [2.45, 2.75) is 4.90 Å². The highest BCUT2D eigenvalue weighted by Crippen LogP contribution is 2.19. The Morgan fingerprint density at radius 2 is 1.43 bits per heavy atom. The Morgan fingerprint density at radius 3 is 1.71 bits per heavy atom. The van der Waals surface area contributed by atoms with E-state index < -0.39 is 10.1 Å². The summed E-state index contributed by atoms with van der Waals surface area (Å²) in [5.74, 6) is 0. The molecule has 0 N–H and O–H groups in total. The van der Waals surface area contributed by atoms with Gasteiger partial charge in [0, 0.05) is 12.1 Å². The number of quaternary nitrogens is 1. The number of hydrogen-bond acceptors (Lipinski definition) is 2. The molecule has 77 valence electrons. The average Bonchev–Trinajstić information content (AvgIpc) is 2.01. The lowest BCUT2D eigenvalue weighted by atomic mass is 10.3. The Kier molecular flexibility index (Phi) is 2.67. The van der Waals surface area contributed by atoms with E-state index in [2.05, 4.69) is 0 Å². The molecule has 4 nitrogen and oxygen atoms in total. The number of rotatable bonds is 2. The molecule has 5 heteroatoms. The number of nitrogens with zero attached hydrogens (tertiary/aromatic N) is 1. The second kappa shape index (κ2) is 3.34. The van der Waals surface area contributed by atoms with Crippen LogP contribution in [0.3, 0.4) is 0 Å². The van der Waals surface area contributed by atoms with Gasteiger partial charge in [0.1, 0.15) is 5.69 Å². The normalized spacial score (nSPS) is 12.9. The van der Waals surface area contributed by atoms with E-state index in [1.165, 1.54) is 12.1 Å². The van der Waals surface area contributed by atoms with E-state index in [0.29, 0.717) is 4.48 Å². The standard InChI is InChI=1S/C9H13NO3S/c1-10(2,3)8-4-6-9(7-5-8)14(11,12)13/h4-7H,1-3H3/q+1. The molecular weight excluding hydrogens is 202 g/mol. The molecule has 0 spiro atoms. The minimum absolute atomic E-state index is 0.185. The van der Waals surface area contributed by atoms with Gasteiger partial charge >= 0.3 is 10.1 Å². The first-order valence-electron chi connectivity index (χ1n) is 4.09. The molecule has 0 amide bonds. The zero-order chi connectivity index (χ0) is 11.0. The quantitative estimate of drug-likeness (QED) is 0.691. The van der Waals surface area contributed by atoms with Gasteiger partial charge in [-0.2, -0.15) is 8.42 Å². The maximum Gasteiger partial charge on any atom is 0.324 e. The summed E-state index contributed by atoms with van der Waals surface area (Å²) in [5, 5.41) is 0. The van der Waals surface area contributed by atoms with Gasteiger partial charge in [-0.3, -0.25) is 4.48 Å². The Hall–Kier alpha value is -0.910. The third-order valence-electron chi connectivity index (χ3n) is 1.90. The van der Waals surface area contributed by atoms with E-state index in [9.17, 15) is 13.0 Å². The molecule has 0 atom stereocenters. The number of hydrogen-bond donors (Lipinski definition) is 0. The van der Waals surface area contributed by atoms with Crippen LogP contribution < -0.4 is 4.48 Å². The van der Waals surface area contributed by atoms with Crippen LogP contribution >= 0.6 is 0 Å². The topological polar surface area (TPSA) is 54.0 Å². The first-order chi connectivity index (χ1) is 6.21. The van der Waals surface area contributed by atoms with Gasteiger partial charge < -0.3 is 0 Å². The molecule has 0 unspecified atom stereocenters. The molecule has 1 rings (SSSR count). The fourth-order valence-corrected chi connectivity index (χ4v) is 1.53. The molecule has 1 aromatic carbocycles. The van der Waals surface area contributed by atoms with Crippen molar-refractivity contribution in [3.8, 4) is 0 Å². The van der Waals surface area contributed by atoms with Crippen LogP contribution in [-0.2, 0) is 14.7 Å². The lowest BCUT2D eigenvalue weighted by Gasteiger charge is -2.23. The van der Waals surface area contributed by atoms with Gasteiger partial charge in [-0.25, -0.2) is 0 Å². The van der Waals surface area contributed by atoms with Crippen LogP contribution in [0.4, 0.5) is 5.69 Å². The van der Waals surface area contributed by atoms with Crippen LogP contribution in [0.2, 0.25) is 0 Å². The molecule has 0 aromatic heterocycles. The zero-order valence-corrected chi connectivity index (χ0v) is 9.21. The lowest BCUT2D eigenvalue weighted by Crippen LogP contribution is -2.34. The van der Waals surface area contributed by atoms with Gasteiger partial charge in [0.25, 0.3) is 0 Å². The Labute approximate surface area is 84.1 Å². The van der Waals surface area contributed by atoms with Crippen LogP contribution in [0.5, 0.6) is 0 Å². The molecule has 0 aliphatic carbocycles. The van der Waals surface area contributed by atoms with Crippen molar-refractivity contribution in [1.82, 2.24) is 4.48 Å². The molecular formula is C9H13NO3S+. The summed E-state index contributed by atoms with van der Waals surface area (Å²) >= 11 is 0. The van der Waals surface area contributed by atoms with Gasteiger partial charge in [-0.1, -0.05) is 4.55 Å². The van der Waals surface area contributed by atoms with Crippen LogP contribution in [0.1, 0.15) is 0 Å². The molecule has 0 heterocycles. The van der Waals surface area contributed by atoms with E-state index >= 15 is 0 Å². The highest BCUT2D eigenvalue weighted by molar-refractivity contribution is 7.85. The third-order valence-corrected chi connectivity index (χ3v) is 2.75. The van der Waals surface area contributed by atoms with Crippen molar-refractivity contribution in [3.05, 3.63) is 24.3 Å². The second-order valence-corrected chi connectivity index (χ2v) is 5.34. The van der Waals surface area contributed by atoms with Crippen molar-refractivity contribution in [2.75, 3.05) is 21.1 Å². The monoisotopic (exact) mass is 215 g/mol. The minimum atomic E-state index is -4.32. The van der Waals surface area contributed by atoms with Crippen molar-refractivity contribution < 1.29 is 13.0 Å². The summed E-state index contributed by atoms with van der Waals surface area (Å²) in [6.07, 6.45) is 0. The van der Waals surface area contributed by atoms with E-state index in [4.69, 9.17) is 0 Å². The van der Waals surface area contributed by atoms with E-state index in [-0.39, 0.29) is 4.90 Å². The summed E-state index contributed by atoms with van der Waals surface area (Å²) in [6, 6.07) is 5.96. The molecule has 0 bridgehead atoms. The highest BCUT2D eigenvalue weighted by atomic mass is 32.2. The van der Waals surface area contributed by atoms with Gasteiger partial charge in [-0.15, -0.1) is 0 Å². The van der Waals surface area contributed by atoms with Crippen LogP contribution in [-0.4, -0.2) is 29.6 Å².